The number of fused-ring (bicyclic) bond motifs is 1. The number of nitrogens with one attached hydrogen (secondary N) is 2. The number of benzene rings is 1. The summed E-state index contributed by atoms with van der Waals surface area (Å²) in [6, 6.07) is 5.77. The highest BCUT2D eigenvalue weighted by Gasteiger charge is 2.47. The lowest BCUT2D eigenvalue weighted by Gasteiger charge is -2.35. The summed E-state index contributed by atoms with van der Waals surface area (Å²) in [6.07, 6.45) is 5.12. The number of likely N-dealkylation sites (tertiary alicyclic amines) is 1. The van der Waals surface area contributed by atoms with Crippen LogP contribution in [0.3, 0.4) is 0 Å². The fourth-order valence-corrected chi connectivity index (χ4v) is 10.6. The van der Waals surface area contributed by atoms with E-state index in [9.17, 15) is 66.5 Å². The molecule has 0 bridgehead atoms. The van der Waals surface area contributed by atoms with Crippen LogP contribution < -0.4 is 15.4 Å². The molecule has 75 heavy (non-hydrogen) atoms. The number of pyridine rings is 1. The van der Waals surface area contributed by atoms with Crippen LogP contribution in [0.2, 0.25) is 0 Å². The highest BCUT2D eigenvalue weighted by Crippen LogP contribution is 2.32. The predicted octanol–water partition coefficient (Wildman–Crippen LogP) is -0.0332. The van der Waals surface area contributed by atoms with E-state index in [-0.39, 0.29) is 116 Å². The van der Waals surface area contributed by atoms with Crippen LogP contribution in [0.4, 0.5) is 8.78 Å². The summed E-state index contributed by atoms with van der Waals surface area (Å²) >= 11 is 0. The molecular weight excluding hydrogens is 1010 g/mol. The van der Waals surface area contributed by atoms with E-state index in [2.05, 4.69) is 25.9 Å². The normalized spacial score (nSPS) is 20.5. The maximum atomic E-state index is 13.9. The van der Waals surface area contributed by atoms with Gasteiger partial charge < -0.3 is 35.6 Å². The third-order valence-corrected chi connectivity index (χ3v) is 14.9. The Hall–Kier alpha value is -6.51. The quantitative estimate of drug-likeness (QED) is 0.0615. The zero-order chi connectivity index (χ0) is 54.1. The number of carbonyl (C=O) groups is 6. The molecule has 5 heterocycles. The summed E-state index contributed by atoms with van der Waals surface area (Å²) in [4.78, 5) is 87.8. The fourth-order valence-electron chi connectivity index (χ4n) is 9.25. The highest BCUT2D eigenvalue weighted by atomic mass is 32.2. The van der Waals surface area contributed by atoms with E-state index in [1.54, 1.807) is 54.7 Å². The summed E-state index contributed by atoms with van der Waals surface area (Å²) in [5.41, 5.74) is 0.986. The molecule has 2 aromatic heterocycles. The van der Waals surface area contributed by atoms with E-state index >= 15 is 0 Å². The zero-order valence-electron chi connectivity index (χ0n) is 41.4. The summed E-state index contributed by atoms with van der Waals surface area (Å²) < 4.78 is 64.8. The lowest BCUT2D eigenvalue weighted by molar-refractivity contribution is -0.145. The predicted molar refractivity (Wildman–Crippen MR) is 261 cm³/mol. The first-order valence-electron chi connectivity index (χ1n) is 24.8. The van der Waals surface area contributed by atoms with E-state index in [4.69, 9.17) is 8.92 Å². The Labute approximate surface area is 431 Å². The number of carbonyl (C=O) groups excluding carboxylic acids is 3. The number of hydrogen-bond donors (Lipinski definition) is 5. The number of alkyl halides is 2. The van der Waals surface area contributed by atoms with Gasteiger partial charge in [0.15, 0.2) is 0 Å². The van der Waals surface area contributed by atoms with Gasteiger partial charge in [0.25, 0.3) is 21.9 Å². The van der Waals surface area contributed by atoms with Crippen molar-refractivity contribution in [2.24, 2.45) is 0 Å². The number of aromatic nitrogens is 4. The summed E-state index contributed by atoms with van der Waals surface area (Å²) in [5.74, 6) is -7.96. The molecule has 0 radical (unpaired) electrons. The first-order chi connectivity index (χ1) is 35.8. The number of halogens is 2. The number of carboxylic acid groups (broad SMARTS) is 3. The van der Waals surface area contributed by atoms with Gasteiger partial charge in [-0.3, -0.25) is 62.2 Å². The van der Waals surface area contributed by atoms with Crippen LogP contribution in [0, 0.1) is 11.3 Å². The first-order valence-corrected chi connectivity index (χ1v) is 26.2. The molecule has 3 aliphatic rings. The van der Waals surface area contributed by atoms with Gasteiger partial charge >= 0.3 is 17.9 Å². The maximum absolute atomic E-state index is 13.9. The number of amides is 3. The van der Waals surface area contributed by atoms with Crippen molar-refractivity contribution >= 4 is 56.7 Å². The molecule has 25 nitrogen and oxygen atoms in total. The number of aryl methyl sites for hydroxylation is 1. The van der Waals surface area contributed by atoms with Gasteiger partial charge in [0.05, 0.1) is 68.5 Å². The average Bonchev–Trinajstić information content (AvgIpc) is 3.95. The van der Waals surface area contributed by atoms with Crippen molar-refractivity contribution in [2.45, 2.75) is 81.2 Å². The minimum atomic E-state index is -3.67. The molecule has 2 unspecified atom stereocenters. The lowest BCUT2D eigenvalue weighted by Crippen LogP contribution is -2.52. The van der Waals surface area contributed by atoms with Gasteiger partial charge in [0.1, 0.15) is 23.3 Å². The molecule has 0 aliphatic carbocycles. The Bertz CT molecular complexity index is 2610. The molecule has 3 atom stereocenters. The summed E-state index contributed by atoms with van der Waals surface area (Å²) in [6.45, 7) is 0.202. The number of carboxylic acids is 3. The van der Waals surface area contributed by atoms with Crippen molar-refractivity contribution in [3.05, 3.63) is 47.9 Å². The SMILES string of the molecule is N#C[C@@H]1CC(F)(F)CN1C(=O)CNC(=O)c1ccnc2c(OCCCNC(=O)CN3CCN(CC(=O)O)CCN(C(CCCCn4cc(CC5CCCOS5(=O)=O)nn4)C(=O)O)CCN(CC(=O)O)CC3)cccc12. The number of para-hydroxylation sites is 1. The van der Waals surface area contributed by atoms with Crippen LogP contribution in [0.1, 0.15) is 61.0 Å². The van der Waals surface area contributed by atoms with Crippen molar-refractivity contribution in [2.75, 3.05) is 105 Å². The van der Waals surface area contributed by atoms with E-state index in [1.807, 2.05) is 0 Å². The molecule has 3 amide bonds. The molecule has 28 heteroatoms. The Morgan fingerprint density at radius 3 is 2.24 bits per heavy atom. The molecule has 6 rings (SSSR count). The number of nitriles is 1. The Kier molecular flexibility index (Phi) is 21.0. The van der Waals surface area contributed by atoms with Crippen LogP contribution in [-0.4, -0.2) is 232 Å². The van der Waals surface area contributed by atoms with E-state index in [1.165, 1.54) is 12.3 Å². The molecule has 1 aromatic carbocycles. The molecule has 410 valence electrons. The average molecular weight is 1080 g/mol. The van der Waals surface area contributed by atoms with Gasteiger partial charge in [-0.15, -0.1) is 5.10 Å². The van der Waals surface area contributed by atoms with Crippen molar-refractivity contribution in [1.29, 1.82) is 5.26 Å². The topological polar surface area (TPSA) is 323 Å². The second-order valence-electron chi connectivity index (χ2n) is 18.7. The highest BCUT2D eigenvalue weighted by molar-refractivity contribution is 7.87. The van der Waals surface area contributed by atoms with Gasteiger partial charge in [0, 0.05) is 96.1 Å². The minimum Gasteiger partial charge on any atom is -0.491 e. The van der Waals surface area contributed by atoms with Crippen LogP contribution in [0.5, 0.6) is 5.75 Å². The van der Waals surface area contributed by atoms with E-state index in [0.29, 0.717) is 61.0 Å². The second kappa shape index (κ2) is 27.3. The van der Waals surface area contributed by atoms with Crippen LogP contribution >= 0.6 is 0 Å². The van der Waals surface area contributed by atoms with Gasteiger partial charge in [-0.2, -0.15) is 13.7 Å². The smallest absolute Gasteiger partial charge is 0.320 e. The number of hydrogen-bond acceptors (Lipinski definition) is 18. The van der Waals surface area contributed by atoms with Gasteiger partial charge in [-0.25, -0.2) is 8.78 Å². The second-order valence-corrected chi connectivity index (χ2v) is 20.6. The number of rotatable bonds is 23. The van der Waals surface area contributed by atoms with Crippen molar-refractivity contribution in [1.82, 2.24) is 55.1 Å². The van der Waals surface area contributed by atoms with Crippen LogP contribution in [0.25, 0.3) is 10.9 Å². The molecular formula is C47H64F2N12O13S. The standard InChI is InChI=1S/C47H64F2N12O13S/c48-47(49)25-34(26-50)61(32-47)41(63)27-53-45(68)37-10-12-52-44-36(37)7-3-9-39(44)73-22-5-11-51-40(62)29-56-14-16-57(30-42(64)65)18-20-59(21-19-58(17-15-56)31-43(66)67)38(46(69)70)8-1-2-13-60-28-33(54-55-60)24-35-6-4-23-74-75(35,71)72/h3,7,9-10,12,28,34-35,38H,1-2,4-6,8,11,13-25,27,29-32H2,(H,51,62)(H,53,68)(H,64,65)(H,66,67)(H,69,70)/t34-,35?,38?/m0/s1. The Balaban J connectivity index is 0.980. The number of nitrogens with zero attached hydrogens (tertiary/aromatic N) is 10. The third-order valence-electron chi connectivity index (χ3n) is 13.2. The largest absolute Gasteiger partial charge is 0.491 e. The molecule has 3 saturated heterocycles. The molecule has 3 fully saturated rings. The molecule has 0 spiro atoms. The van der Waals surface area contributed by atoms with Crippen molar-refractivity contribution in [3.63, 3.8) is 0 Å². The number of aliphatic carboxylic acids is 3. The summed E-state index contributed by atoms with van der Waals surface area (Å²) in [7, 11) is -3.67. The zero-order valence-corrected chi connectivity index (χ0v) is 42.3. The van der Waals surface area contributed by atoms with Crippen molar-refractivity contribution < 1.29 is 70.2 Å². The fraction of sp³-hybridized carbons (Fsp3) is 0.617. The van der Waals surface area contributed by atoms with Gasteiger partial charge in [0.2, 0.25) is 11.8 Å². The molecule has 0 saturated carbocycles. The van der Waals surface area contributed by atoms with E-state index in [0.717, 1.165) is 4.90 Å². The number of ether oxygens (including phenoxy) is 1. The first kappa shape index (κ1) is 57.8. The Morgan fingerprint density at radius 2 is 1.59 bits per heavy atom. The monoisotopic (exact) mass is 1070 g/mol. The Morgan fingerprint density at radius 1 is 0.907 bits per heavy atom. The van der Waals surface area contributed by atoms with Crippen LogP contribution in [-0.2, 0) is 51.2 Å². The maximum Gasteiger partial charge on any atom is 0.320 e. The van der Waals surface area contributed by atoms with Gasteiger partial charge in [-0.05, 0) is 50.7 Å². The minimum absolute atomic E-state index is 0.0870. The van der Waals surface area contributed by atoms with Gasteiger partial charge in [-0.1, -0.05) is 17.3 Å². The lowest BCUT2D eigenvalue weighted by atomic mass is 10.1. The molecule has 3 aromatic rings. The molecule has 5 N–H and O–H groups in total. The molecule has 3 aliphatic heterocycles. The number of unbranched alkanes of at least 4 members (excludes halogenated alkanes) is 1. The van der Waals surface area contributed by atoms with Crippen LogP contribution in [0.15, 0.2) is 36.7 Å². The summed E-state index contributed by atoms with van der Waals surface area (Å²) in [5, 5.41) is 52.4. The third kappa shape index (κ3) is 17.5. The van der Waals surface area contributed by atoms with Crippen molar-refractivity contribution in [3.8, 4) is 11.8 Å². The van der Waals surface area contributed by atoms with E-state index < -0.39 is 82.6 Å².